The van der Waals surface area contributed by atoms with Crippen LogP contribution < -0.4 is 5.73 Å². The van der Waals surface area contributed by atoms with E-state index in [1.807, 2.05) is 6.07 Å². The minimum absolute atomic E-state index is 0.505. The predicted octanol–water partition coefficient (Wildman–Crippen LogP) is -1.26. The molecule has 8 nitrogen and oxygen atoms in total. The minimum atomic E-state index is -1.18. The number of carbonyl (C=O) groups is 1. The van der Waals surface area contributed by atoms with Gasteiger partial charge in [-0.2, -0.15) is 0 Å². The maximum atomic E-state index is 9.65. The van der Waals surface area contributed by atoms with Crippen LogP contribution >= 0.6 is 0 Å². The standard InChI is InChI=1S/C5H4N4.C3H7NO3/c1-2-6-5-3-7-9-8-4(1)5;4-2(1-5)3(6)7/h1-3,6H;2,5H,1,4H2,(H,6,7)/t;2-/m.0/s1. The third-order valence-corrected chi connectivity index (χ3v) is 1.66. The van der Waals surface area contributed by atoms with Crippen molar-refractivity contribution in [2.24, 2.45) is 5.73 Å². The van der Waals surface area contributed by atoms with Gasteiger partial charge in [-0.3, -0.25) is 4.79 Å². The number of aromatic amines is 1. The summed E-state index contributed by atoms with van der Waals surface area (Å²) >= 11 is 0. The zero-order chi connectivity index (χ0) is 12.0. The second kappa shape index (κ2) is 5.73. The number of hydrogen-bond donors (Lipinski definition) is 4. The number of rotatable bonds is 2. The van der Waals surface area contributed by atoms with Crippen LogP contribution in [-0.4, -0.2) is 49.2 Å². The SMILES string of the molecule is N[C@@H](CO)C(=O)O.c1cc2nnncc2[nH]1. The van der Waals surface area contributed by atoms with Crippen molar-refractivity contribution in [3.8, 4) is 0 Å². The third kappa shape index (κ3) is 3.26. The summed E-state index contributed by atoms with van der Waals surface area (Å²) in [5.41, 5.74) is 6.54. The number of aliphatic hydroxyl groups is 1. The van der Waals surface area contributed by atoms with E-state index in [0.29, 0.717) is 0 Å². The van der Waals surface area contributed by atoms with Gasteiger partial charge in [0.2, 0.25) is 0 Å². The van der Waals surface area contributed by atoms with Gasteiger partial charge in [0, 0.05) is 6.20 Å². The summed E-state index contributed by atoms with van der Waals surface area (Å²) in [7, 11) is 0. The first-order chi connectivity index (χ1) is 7.65. The summed E-state index contributed by atoms with van der Waals surface area (Å²) in [4.78, 5) is 12.6. The molecule has 16 heavy (non-hydrogen) atoms. The van der Waals surface area contributed by atoms with E-state index in [2.05, 4.69) is 20.4 Å². The van der Waals surface area contributed by atoms with Gasteiger partial charge in [-0.15, -0.1) is 10.2 Å². The largest absolute Gasteiger partial charge is 0.480 e. The van der Waals surface area contributed by atoms with Crippen LogP contribution in [0, 0.1) is 0 Å². The molecule has 5 N–H and O–H groups in total. The molecule has 2 aromatic heterocycles. The molecule has 0 unspecified atom stereocenters. The lowest BCUT2D eigenvalue weighted by molar-refractivity contribution is -0.139. The first-order valence-electron chi connectivity index (χ1n) is 4.36. The molecule has 0 saturated carbocycles. The van der Waals surface area contributed by atoms with Crippen molar-refractivity contribution >= 4 is 17.0 Å². The molecule has 0 aliphatic heterocycles. The van der Waals surface area contributed by atoms with Crippen molar-refractivity contribution in [3.63, 3.8) is 0 Å². The lowest BCUT2D eigenvalue weighted by atomic mass is 10.3. The number of H-pyrrole nitrogens is 1. The molecule has 0 spiro atoms. The van der Waals surface area contributed by atoms with E-state index in [1.165, 1.54) is 0 Å². The normalized spacial score (nSPS) is 11.6. The molecule has 86 valence electrons. The van der Waals surface area contributed by atoms with Crippen LogP contribution in [0.25, 0.3) is 11.0 Å². The molecule has 2 rings (SSSR count). The van der Waals surface area contributed by atoms with E-state index in [1.54, 1.807) is 12.4 Å². The van der Waals surface area contributed by atoms with Crippen LogP contribution in [0.4, 0.5) is 0 Å². The molecule has 0 saturated heterocycles. The zero-order valence-corrected chi connectivity index (χ0v) is 8.24. The molecule has 2 aromatic rings. The van der Waals surface area contributed by atoms with Gasteiger partial charge < -0.3 is 20.9 Å². The number of aliphatic carboxylic acids is 1. The predicted molar refractivity (Wildman–Crippen MR) is 54.4 cm³/mol. The Bertz CT molecular complexity index is 427. The molecule has 0 bridgehead atoms. The molecule has 8 heteroatoms. The molecular formula is C8H11N5O3. The van der Waals surface area contributed by atoms with Crippen LogP contribution in [-0.2, 0) is 4.79 Å². The van der Waals surface area contributed by atoms with Crippen LogP contribution in [0.2, 0.25) is 0 Å². The van der Waals surface area contributed by atoms with Crippen LogP contribution in [0.1, 0.15) is 0 Å². The Kier molecular flexibility index (Phi) is 4.30. The number of carboxylic acid groups (broad SMARTS) is 1. The highest BCUT2D eigenvalue weighted by Crippen LogP contribution is 2.02. The summed E-state index contributed by atoms with van der Waals surface area (Å²) in [5, 5.41) is 26.7. The topological polar surface area (TPSA) is 138 Å². The number of aliphatic hydroxyl groups excluding tert-OH is 1. The van der Waals surface area contributed by atoms with E-state index in [0.717, 1.165) is 11.0 Å². The summed E-state index contributed by atoms with van der Waals surface area (Å²) < 4.78 is 0. The first-order valence-corrected chi connectivity index (χ1v) is 4.36. The van der Waals surface area contributed by atoms with Gasteiger partial charge in [0.25, 0.3) is 0 Å². The van der Waals surface area contributed by atoms with Crippen molar-refractivity contribution < 1.29 is 15.0 Å². The van der Waals surface area contributed by atoms with Crippen molar-refractivity contribution in [2.45, 2.75) is 6.04 Å². The fraction of sp³-hybridized carbons (Fsp3) is 0.250. The maximum Gasteiger partial charge on any atom is 0.322 e. The number of nitrogens with one attached hydrogen (secondary N) is 1. The first kappa shape index (κ1) is 12.0. The number of nitrogens with zero attached hydrogens (tertiary/aromatic N) is 3. The maximum absolute atomic E-state index is 9.65. The Morgan fingerprint density at radius 3 is 2.88 bits per heavy atom. The second-order valence-electron chi connectivity index (χ2n) is 2.84. The number of hydrogen-bond acceptors (Lipinski definition) is 6. The Labute approximate surface area is 90.1 Å². The lowest BCUT2D eigenvalue weighted by Gasteiger charge is -1.96. The van der Waals surface area contributed by atoms with Crippen LogP contribution in [0.3, 0.4) is 0 Å². The van der Waals surface area contributed by atoms with Crippen molar-refractivity contribution in [1.29, 1.82) is 0 Å². The Hall–Kier alpha value is -2.06. The lowest BCUT2D eigenvalue weighted by Crippen LogP contribution is -2.33. The Morgan fingerprint density at radius 1 is 1.62 bits per heavy atom. The summed E-state index contributed by atoms with van der Waals surface area (Å²) in [6, 6.07) is 0.726. The number of carboxylic acids is 1. The van der Waals surface area contributed by atoms with E-state index in [9.17, 15) is 4.79 Å². The minimum Gasteiger partial charge on any atom is -0.480 e. The summed E-state index contributed by atoms with van der Waals surface area (Å²) in [6.45, 7) is -0.505. The van der Waals surface area contributed by atoms with Gasteiger partial charge in [-0.05, 0) is 11.3 Å². The summed E-state index contributed by atoms with van der Waals surface area (Å²) in [6.07, 6.45) is 3.45. The van der Waals surface area contributed by atoms with Crippen molar-refractivity contribution in [1.82, 2.24) is 20.4 Å². The van der Waals surface area contributed by atoms with Crippen LogP contribution in [0.15, 0.2) is 18.5 Å². The molecule has 1 atom stereocenters. The highest BCUT2D eigenvalue weighted by Gasteiger charge is 2.06. The number of aromatic nitrogens is 4. The fourth-order valence-corrected chi connectivity index (χ4v) is 0.800. The smallest absolute Gasteiger partial charge is 0.322 e. The van der Waals surface area contributed by atoms with Gasteiger partial charge in [-0.25, -0.2) is 0 Å². The molecule has 0 aliphatic rings. The molecule has 0 aliphatic carbocycles. The van der Waals surface area contributed by atoms with E-state index in [-0.39, 0.29) is 0 Å². The average Bonchev–Trinajstić information content (AvgIpc) is 2.76. The van der Waals surface area contributed by atoms with Crippen molar-refractivity contribution in [3.05, 3.63) is 18.5 Å². The molecule has 2 heterocycles. The molecule has 0 radical (unpaired) electrons. The van der Waals surface area contributed by atoms with Crippen molar-refractivity contribution in [2.75, 3.05) is 6.61 Å². The Balaban J connectivity index is 0.000000168. The van der Waals surface area contributed by atoms with Gasteiger partial charge in [0.1, 0.15) is 11.6 Å². The highest BCUT2D eigenvalue weighted by atomic mass is 16.4. The number of nitrogens with two attached hydrogens (primary N) is 1. The second-order valence-corrected chi connectivity index (χ2v) is 2.84. The van der Waals surface area contributed by atoms with Gasteiger partial charge >= 0.3 is 5.97 Å². The molecule has 0 amide bonds. The Morgan fingerprint density at radius 2 is 2.38 bits per heavy atom. The fourth-order valence-electron chi connectivity index (χ4n) is 0.800. The zero-order valence-electron chi connectivity index (χ0n) is 8.24. The van der Waals surface area contributed by atoms with E-state index in [4.69, 9.17) is 15.9 Å². The summed E-state index contributed by atoms with van der Waals surface area (Å²) in [5.74, 6) is -1.18. The molecule has 0 aromatic carbocycles. The van der Waals surface area contributed by atoms with E-state index >= 15 is 0 Å². The molecule has 0 fully saturated rings. The quantitative estimate of drug-likeness (QED) is 0.500. The number of fused-ring (bicyclic) bond motifs is 1. The van der Waals surface area contributed by atoms with Crippen LogP contribution in [0.5, 0.6) is 0 Å². The van der Waals surface area contributed by atoms with Gasteiger partial charge in [-0.1, -0.05) is 0 Å². The van der Waals surface area contributed by atoms with Gasteiger partial charge in [0.05, 0.1) is 18.3 Å². The third-order valence-electron chi connectivity index (χ3n) is 1.66. The molecular weight excluding hydrogens is 214 g/mol. The monoisotopic (exact) mass is 225 g/mol. The van der Waals surface area contributed by atoms with Gasteiger partial charge in [0.15, 0.2) is 0 Å². The average molecular weight is 225 g/mol. The van der Waals surface area contributed by atoms with E-state index < -0.39 is 18.6 Å². The highest BCUT2D eigenvalue weighted by molar-refractivity contribution is 5.73.